The van der Waals surface area contributed by atoms with Crippen LogP contribution in [0.1, 0.15) is 0 Å². The zero-order valence-electron chi connectivity index (χ0n) is 8.36. The van der Waals surface area contributed by atoms with Crippen LogP contribution in [-0.4, -0.2) is 35.6 Å². The molecule has 1 aromatic rings. The first-order chi connectivity index (χ1) is 7.31. The molecule has 1 atom stereocenters. The van der Waals surface area contributed by atoms with Gasteiger partial charge in [0.2, 0.25) is 5.28 Å². The lowest BCUT2D eigenvalue weighted by molar-refractivity contribution is 0.526. The van der Waals surface area contributed by atoms with E-state index in [4.69, 9.17) is 11.6 Å². The van der Waals surface area contributed by atoms with Crippen molar-refractivity contribution in [2.45, 2.75) is 6.04 Å². The van der Waals surface area contributed by atoms with Gasteiger partial charge in [-0.2, -0.15) is 0 Å². The third-order valence-corrected chi connectivity index (χ3v) is 2.64. The fourth-order valence-corrected chi connectivity index (χ4v) is 1.85. The third-order valence-electron chi connectivity index (χ3n) is 2.46. The first kappa shape index (κ1) is 10.4. The zero-order chi connectivity index (χ0) is 10.7. The van der Waals surface area contributed by atoms with Crippen molar-refractivity contribution in [3.05, 3.63) is 30.2 Å². The molecule has 2 rings (SSSR count). The van der Waals surface area contributed by atoms with Crippen LogP contribution in [0.2, 0.25) is 5.28 Å². The Labute approximate surface area is 94.0 Å². The Hall–Kier alpha value is -1.13. The Bertz CT molecular complexity index is 355. The van der Waals surface area contributed by atoms with E-state index in [0.29, 0.717) is 0 Å². The zero-order valence-corrected chi connectivity index (χ0v) is 9.11. The van der Waals surface area contributed by atoms with Crippen molar-refractivity contribution in [2.24, 2.45) is 0 Å². The molecule has 15 heavy (non-hydrogen) atoms. The van der Waals surface area contributed by atoms with Gasteiger partial charge in [-0.3, -0.25) is 0 Å². The van der Waals surface area contributed by atoms with E-state index in [1.165, 1.54) is 0 Å². The predicted molar refractivity (Wildman–Crippen MR) is 61.2 cm³/mol. The second-order valence-corrected chi connectivity index (χ2v) is 3.72. The number of hydrogen-bond acceptors (Lipinski definition) is 4. The van der Waals surface area contributed by atoms with Gasteiger partial charge in [-0.15, -0.1) is 6.58 Å². The summed E-state index contributed by atoms with van der Waals surface area (Å²) in [4.78, 5) is 10.2. The second kappa shape index (κ2) is 4.59. The van der Waals surface area contributed by atoms with Crippen LogP contribution in [0.15, 0.2) is 24.9 Å². The summed E-state index contributed by atoms with van der Waals surface area (Å²) in [6, 6.07) is 2.14. The van der Waals surface area contributed by atoms with E-state index in [1.54, 1.807) is 6.20 Å². The average molecular weight is 225 g/mol. The number of piperazine rings is 1. The lowest BCUT2D eigenvalue weighted by Crippen LogP contribution is -2.50. The van der Waals surface area contributed by atoms with Gasteiger partial charge in [-0.1, -0.05) is 6.08 Å². The molecule has 0 amide bonds. The Kier molecular flexibility index (Phi) is 3.18. The highest BCUT2D eigenvalue weighted by atomic mass is 35.5. The van der Waals surface area contributed by atoms with Crippen molar-refractivity contribution in [2.75, 3.05) is 24.5 Å². The first-order valence-electron chi connectivity index (χ1n) is 4.89. The first-order valence-corrected chi connectivity index (χ1v) is 5.27. The van der Waals surface area contributed by atoms with E-state index in [1.807, 2.05) is 12.1 Å². The maximum Gasteiger partial charge on any atom is 0.224 e. The minimum atomic E-state index is 0.268. The molecule has 5 heteroatoms. The van der Waals surface area contributed by atoms with E-state index in [0.717, 1.165) is 25.5 Å². The van der Waals surface area contributed by atoms with Crippen molar-refractivity contribution in [1.82, 2.24) is 15.3 Å². The molecule has 0 radical (unpaired) electrons. The molecule has 1 aromatic heterocycles. The number of halogens is 1. The van der Waals surface area contributed by atoms with E-state index in [-0.39, 0.29) is 11.3 Å². The third kappa shape index (κ3) is 2.27. The van der Waals surface area contributed by atoms with Crippen LogP contribution in [0.5, 0.6) is 0 Å². The average Bonchev–Trinajstić information content (AvgIpc) is 2.29. The SMILES string of the molecule is C=C[C@H]1CNCCN1c1ccnc(Cl)n1. The molecule has 0 aliphatic carbocycles. The van der Waals surface area contributed by atoms with Gasteiger partial charge >= 0.3 is 0 Å². The predicted octanol–water partition coefficient (Wildman–Crippen LogP) is 1.09. The van der Waals surface area contributed by atoms with E-state index in [9.17, 15) is 0 Å². The molecule has 0 aromatic carbocycles. The molecule has 1 saturated heterocycles. The standard InChI is InChI=1S/C10H13ClN4/c1-2-8-7-12-5-6-15(8)9-3-4-13-10(11)14-9/h2-4,8,12H,1,5-7H2/t8-/m0/s1. The summed E-state index contributed by atoms with van der Waals surface area (Å²) in [6.45, 7) is 6.58. The number of anilines is 1. The van der Waals surface area contributed by atoms with Gasteiger partial charge in [0.15, 0.2) is 0 Å². The van der Waals surface area contributed by atoms with Gasteiger partial charge < -0.3 is 10.2 Å². The maximum absolute atomic E-state index is 5.76. The van der Waals surface area contributed by atoms with E-state index in [2.05, 4.69) is 26.8 Å². The molecule has 2 heterocycles. The topological polar surface area (TPSA) is 41.0 Å². The Morgan fingerprint density at radius 3 is 3.27 bits per heavy atom. The smallest absolute Gasteiger partial charge is 0.224 e. The lowest BCUT2D eigenvalue weighted by Gasteiger charge is -2.35. The molecular formula is C10H13ClN4. The van der Waals surface area contributed by atoms with Crippen molar-refractivity contribution < 1.29 is 0 Å². The van der Waals surface area contributed by atoms with Crippen molar-refractivity contribution in [3.8, 4) is 0 Å². The molecule has 1 aliphatic heterocycles. The molecule has 1 aliphatic rings. The number of aromatic nitrogens is 2. The van der Waals surface area contributed by atoms with E-state index >= 15 is 0 Å². The number of nitrogens with one attached hydrogen (secondary N) is 1. The summed E-state index contributed by atoms with van der Waals surface area (Å²) >= 11 is 5.76. The van der Waals surface area contributed by atoms with Gasteiger partial charge in [0, 0.05) is 25.8 Å². The van der Waals surface area contributed by atoms with Crippen LogP contribution < -0.4 is 10.2 Å². The molecular weight excluding hydrogens is 212 g/mol. The quantitative estimate of drug-likeness (QED) is 0.603. The minimum absolute atomic E-state index is 0.268. The Balaban J connectivity index is 2.23. The van der Waals surface area contributed by atoms with E-state index < -0.39 is 0 Å². The molecule has 1 N–H and O–H groups in total. The molecule has 4 nitrogen and oxygen atoms in total. The highest BCUT2D eigenvalue weighted by Gasteiger charge is 2.20. The summed E-state index contributed by atoms with van der Waals surface area (Å²) < 4.78 is 0. The normalized spacial score (nSPS) is 21.4. The van der Waals surface area contributed by atoms with Crippen molar-refractivity contribution >= 4 is 17.4 Å². The number of rotatable bonds is 2. The van der Waals surface area contributed by atoms with Crippen LogP contribution >= 0.6 is 11.6 Å². The molecule has 0 unspecified atom stereocenters. The number of hydrogen-bond donors (Lipinski definition) is 1. The van der Waals surface area contributed by atoms with Gasteiger partial charge in [-0.05, 0) is 17.7 Å². The van der Waals surface area contributed by atoms with Crippen molar-refractivity contribution in [3.63, 3.8) is 0 Å². The summed E-state index contributed by atoms with van der Waals surface area (Å²) in [5.74, 6) is 0.862. The molecule has 0 saturated carbocycles. The van der Waals surface area contributed by atoms with Gasteiger partial charge in [-0.25, -0.2) is 9.97 Å². The van der Waals surface area contributed by atoms with Crippen LogP contribution in [0.3, 0.4) is 0 Å². The van der Waals surface area contributed by atoms with Crippen LogP contribution in [0.4, 0.5) is 5.82 Å². The highest BCUT2D eigenvalue weighted by Crippen LogP contribution is 2.16. The summed E-state index contributed by atoms with van der Waals surface area (Å²) in [5.41, 5.74) is 0. The van der Waals surface area contributed by atoms with Gasteiger partial charge in [0.25, 0.3) is 0 Å². The van der Waals surface area contributed by atoms with Gasteiger partial charge in [0.1, 0.15) is 5.82 Å². The summed E-state index contributed by atoms with van der Waals surface area (Å²) in [7, 11) is 0. The summed E-state index contributed by atoms with van der Waals surface area (Å²) in [6.07, 6.45) is 3.59. The van der Waals surface area contributed by atoms with Crippen LogP contribution in [0, 0.1) is 0 Å². The fourth-order valence-electron chi connectivity index (χ4n) is 1.71. The van der Waals surface area contributed by atoms with Gasteiger partial charge in [0.05, 0.1) is 6.04 Å². The van der Waals surface area contributed by atoms with Crippen LogP contribution in [-0.2, 0) is 0 Å². The molecule has 0 spiro atoms. The Morgan fingerprint density at radius 2 is 2.53 bits per heavy atom. The van der Waals surface area contributed by atoms with Crippen molar-refractivity contribution in [1.29, 1.82) is 0 Å². The molecule has 0 bridgehead atoms. The summed E-state index contributed by atoms with van der Waals surface area (Å²) in [5, 5.41) is 3.60. The highest BCUT2D eigenvalue weighted by molar-refractivity contribution is 6.28. The lowest BCUT2D eigenvalue weighted by atomic mass is 10.2. The second-order valence-electron chi connectivity index (χ2n) is 3.38. The molecule has 1 fully saturated rings. The monoisotopic (exact) mass is 224 g/mol. The maximum atomic E-state index is 5.76. The molecule has 80 valence electrons. The van der Waals surface area contributed by atoms with Crippen LogP contribution in [0.25, 0.3) is 0 Å². The largest absolute Gasteiger partial charge is 0.347 e. The Morgan fingerprint density at radius 1 is 1.67 bits per heavy atom. The fraction of sp³-hybridized carbons (Fsp3) is 0.400. The number of nitrogens with zero attached hydrogens (tertiary/aromatic N) is 3. The minimum Gasteiger partial charge on any atom is -0.347 e.